The maximum absolute atomic E-state index is 11.8. The third-order valence-corrected chi connectivity index (χ3v) is 7.24. The Hall–Kier alpha value is -3.06. The van der Waals surface area contributed by atoms with Crippen LogP contribution in [0, 0.1) is 0 Å². The lowest BCUT2D eigenvalue weighted by Crippen LogP contribution is -2.02. The fourth-order valence-corrected chi connectivity index (χ4v) is 4.79. The summed E-state index contributed by atoms with van der Waals surface area (Å²) in [4.78, 5) is 11.8. The summed E-state index contributed by atoms with van der Waals surface area (Å²) in [7, 11) is 0. The summed E-state index contributed by atoms with van der Waals surface area (Å²) in [5.74, 6) is 0.775. The van der Waals surface area contributed by atoms with Crippen molar-refractivity contribution in [3.05, 3.63) is 81.3 Å². The number of carbonyl (C=O) groups excluding carboxylic acids is 1. The molecule has 0 radical (unpaired) electrons. The van der Waals surface area contributed by atoms with Gasteiger partial charge in [0, 0.05) is 22.2 Å². The van der Waals surface area contributed by atoms with Gasteiger partial charge in [0.25, 0.3) is 0 Å². The molecular weight excluding hydrogens is 599 g/mol. The van der Waals surface area contributed by atoms with Crippen LogP contribution in [0.25, 0.3) is 6.08 Å². The largest absolute Gasteiger partial charge is 0.504 e. The number of rotatable bonds is 18. The number of aromatic hydroxyl groups is 2. The summed E-state index contributed by atoms with van der Waals surface area (Å²) in [6, 6.07) is 14.7. The number of benzene rings is 3. The zero-order valence-electron chi connectivity index (χ0n) is 23.5. The van der Waals surface area contributed by atoms with Crippen LogP contribution in [0.4, 0.5) is 0 Å². The lowest BCUT2D eigenvalue weighted by molar-refractivity contribution is -0.137. The fourth-order valence-electron chi connectivity index (χ4n) is 4.19. The van der Waals surface area contributed by atoms with Gasteiger partial charge < -0.3 is 24.4 Å². The first-order valence-corrected chi connectivity index (χ1v) is 15.4. The molecule has 0 aliphatic carbocycles. The minimum atomic E-state index is -0.419. The Bertz CT molecular complexity index is 1310. The van der Waals surface area contributed by atoms with Gasteiger partial charge in [-0.25, -0.2) is 4.79 Å². The second-order valence-electron chi connectivity index (χ2n) is 9.90. The van der Waals surface area contributed by atoms with Gasteiger partial charge in [0.1, 0.15) is 5.75 Å². The van der Waals surface area contributed by atoms with Crippen LogP contribution in [0.2, 0.25) is 15.1 Å². The Kier molecular flexibility index (Phi) is 14.7. The van der Waals surface area contributed by atoms with Crippen LogP contribution in [0.1, 0.15) is 69.8 Å². The quantitative estimate of drug-likeness (QED) is 0.0626. The molecule has 0 amide bonds. The normalized spacial score (nSPS) is 11.1. The topological polar surface area (TPSA) is 85.2 Å². The molecule has 0 aliphatic heterocycles. The van der Waals surface area contributed by atoms with Gasteiger partial charge in [0.05, 0.1) is 18.2 Å². The number of halogens is 3. The van der Waals surface area contributed by atoms with Crippen LogP contribution in [-0.4, -0.2) is 29.4 Å². The van der Waals surface area contributed by atoms with E-state index in [1.54, 1.807) is 48.5 Å². The zero-order chi connectivity index (χ0) is 30.2. The molecule has 0 saturated carbocycles. The van der Waals surface area contributed by atoms with Crippen molar-refractivity contribution >= 4 is 46.8 Å². The average Bonchev–Trinajstić information content (AvgIpc) is 2.96. The number of phenolic OH excluding ortho intramolecular Hbond substituents is 2. The second kappa shape index (κ2) is 18.5. The van der Waals surface area contributed by atoms with E-state index in [0.29, 0.717) is 51.1 Å². The first-order chi connectivity index (χ1) is 20.3. The van der Waals surface area contributed by atoms with Crippen LogP contribution in [0.3, 0.4) is 0 Å². The smallest absolute Gasteiger partial charge is 0.330 e. The van der Waals surface area contributed by atoms with E-state index in [4.69, 9.17) is 49.0 Å². The molecule has 0 fully saturated rings. The maximum Gasteiger partial charge on any atom is 0.330 e. The number of carbonyl (C=O) groups is 1. The van der Waals surface area contributed by atoms with Crippen LogP contribution < -0.4 is 9.47 Å². The molecule has 0 heterocycles. The minimum Gasteiger partial charge on any atom is -0.504 e. The minimum absolute atomic E-state index is 0.199. The third-order valence-electron chi connectivity index (χ3n) is 6.47. The highest BCUT2D eigenvalue weighted by Crippen LogP contribution is 2.37. The predicted octanol–water partition coefficient (Wildman–Crippen LogP) is 10.4. The lowest BCUT2D eigenvalue weighted by atomic mass is 10.1. The van der Waals surface area contributed by atoms with Crippen molar-refractivity contribution < 1.29 is 29.2 Å². The highest BCUT2D eigenvalue weighted by Gasteiger charge is 2.11. The zero-order valence-corrected chi connectivity index (χ0v) is 25.8. The summed E-state index contributed by atoms with van der Waals surface area (Å²) in [5, 5.41) is 20.3. The summed E-state index contributed by atoms with van der Waals surface area (Å²) in [6.07, 6.45) is 13.8. The van der Waals surface area contributed by atoms with Crippen LogP contribution >= 0.6 is 34.8 Å². The Morgan fingerprint density at radius 2 is 1.24 bits per heavy atom. The molecular formula is C33H37Cl3O6. The van der Waals surface area contributed by atoms with Crippen LogP contribution in [0.5, 0.6) is 28.7 Å². The molecule has 3 rings (SSSR count). The predicted molar refractivity (Wildman–Crippen MR) is 169 cm³/mol. The molecule has 3 aromatic rings. The maximum atomic E-state index is 11.8. The van der Waals surface area contributed by atoms with Crippen molar-refractivity contribution in [1.29, 1.82) is 0 Å². The highest BCUT2D eigenvalue weighted by molar-refractivity contribution is 6.35. The van der Waals surface area contributed by atoms with Crippen molar-refractivity contribution in [2.24, 2.45) is 0 Å². The fraction of sp³-hybridized carbons (Fsp3) is 0.364. The standard InChI is InChI=1S/C33H37Cl3O6/c34-25-13-16-30(27(36)22-25)42-31-17-14-26(35)23-32(31)40-19-9-7-5-3-1-2-4-6-8-10-20-41-33(39)18-12-24-11-15-28(37)29(38)21-24/h11-18,21-23,37-38H,1-10,19-20H2/b18-12+. The van der Waals surface area contributed by atoms with E-state index in [1.807, 2.05) is 0 Å². The molecule has 0 aliphatic rings. The number of esters is 1. The molecule has 2 N–H and O–H groups in total. The average molecular weight is 636 g/mol. The molecule has 9 heteroatoms. The molecule has 0 spiro atoms. The first-order valence-electron chi connectivity index (χ1n) is 14.2. The summed E-state index contributed by atoms with van der Waals surface area (Å²) in [6.45, 7) is 0.968. The van der Waals surface area contributed by atoms with Gasteiger partial charge in [-0.3, -0.25) is 0 Å². The Morgan fingerprint density at radius 1 is 0.643 bits per heavy atom. The van der Waals surface area contributed by atoms with E-state index >= 15 is 0 Å². The van der Waals surface area contributed by atoms with Crippen molar-refractivity contribution in [3.63, 3.8) is 0 Å². The monoisotopic (exact) mass is 634 g/mol. The number of phenols is 2. The Balaban J connectivity index is 1.18. The molecule has 0 saturated heterocycles. The van der Waals surface area contributed by atoms with Gasteiger partial charge in [-0.05, 0) is 66.9 Å². The molecule has 42 heavy (non-hydrogen) atoms. The van der Waals surface area contributed by atoms with Gasteiger partial charge >= 0.3 is 5.97 Å². The number of ether oxygens (including phenoxy) is 3. The van der Waals surface area contributed by atoms with E-state index < -0.39 is 5.97 Å². The molecule has 6 nitrogen and oxygen atoms in total. The van der Waals surface area contributed by atoms with E-state index in [2.05, 4.69) is 0 Å². The lowest BCUT2D eigenvalue weighted by Gasteiger charge is -2.14. The first kappa shape index (κ1) is 33.4. The van der Waals surface area contributed by atoms with Gasteiger partial charge in [0.15, 0.2) is 23.0 Å². The summed E-state index contributed by atoms with van der Waals surface area (Å²) in [5.41, 5.74) is 0.606. The Labute approximate surface area is 262 Å². The SMILES string of the molecule is O=C(/C=C/c1ccc(O)c(O)c1)OCCCCCCCCCCCCOc1cc(Cl)ccc1Oc1ccc(Cl)cc1Cl. The molecule has 0 atom stereocenters. The highest BCUT2D eigenvalue weighted by atomic mass is 35.5. The molecule has 0 aromatic heterocycles. The molecule has 0 bridgehead atoms. The van der Waals surface area contributed by atoms with Crippen molar-refractivity contribution in [3.8, 4) is 28.7 Å². The van der Waals surface area contributed by atoms with Crippen LogP contribution in [-0.2, 0) is 9.53 Å². The van der Waals surface area contributed by atoms with E-state index in [-0.39, 0.29) is 11.5 Å². The number of hydrogen-bond donors (Lipinski definition) is 2. The van der Waals surface area contributed by atoms with Crippen molar-refractivity contribution in [1.82, 2.24) is 0 Å². The molecule has 226 valence electrons. The van der Waals surface area contributed by atoms with Crippen molar-refractivity contribution in [2.75, 3.05) is 13.2 Å². The van der Waals surface area contributed by atoms with E-state index in [0.717, 1.165) is 38.5 Å². The van der Waals surface area contributed by atoms with Gasteiger partial charge in [-0.2, -0.15) is 0 Å². The van der Waals surface area contributed by atoms with E-state index in [1.165, 1.54) is 43.9 Å². The van der Waals surface area contributed by atoms with Gasteiger partial charge in [-0.1, -0.05) is 92.2 Å². The third kappa shape index (κ3) is 12.4. The second-order valence-corrected chi connectivity index (χ2v) is 11.2. The molecule has 0 unspecified atom stereocenters. The summed E-state index contributed by atoms with van der Waals surface area (Å²) >= 11 is 18.4. The van der Waals surface area contributed by atoms with Gasteiger partial charge in [-0.15, -0.1) is 0 Å². The number of unbranched alkanes of at least 4 members (excludes halogenated alkanes) is 9. The number of hydrogen-bond acceptors (Lipinski definition) is 6. The Morgan fingerprint density at radius 3 is 1.88 bits per heavy atom. The molecule has 3 aromatic carbocycles. The van der Waals surface area contributed by atoms with Crippen LogP contribution in [0.15, 0.2) is 60.7 Å². The summed E-state index contributed by atoms with van der Waals surface area (Å²) < 4.78 is 17.1. The van der Waals surface area contributed by atoms with Gasteiger partial charge in [0.2, 0.25) is 0 Å². The van der Waals surface area contributed by atoms with E-state index in [9.17, 15) is 15.0 Å². The van der Waals surface area contributed by atoms with Crippen molar-refractivity contribution in [2.45, 2.75) is 64.2 Å².